The van der Waals surface area contributed by atoms with E-state index in [0.29, 0.717) is 11.5 Å². The summed E-state index contributed by atoms with van der Waals surface area (Å²) in [7, 11) is 0. The maximum atomic E-state index is 12.8. The monoisotopic (exact) mass is 233 g/mol. The van der Waals surface area contributed by atoms with Gasteiger partial charge < -0.3 is 5.73 Å². The second-order valence-corrected chi connectivity index (χ2v) is 3.99. The second kappa shape index (κ2) is 4.90. The van der Waals surface area contributed by atoms with E-state index in [1.54, 1.807) is 0 Å². The van der Waals surface area contributed by atoms with Crippen molar-refractivity contribution in [2.45, 2.75) is 25.3 Å². The molecule has 0 unspecified atom stereocenters. The van der Waals surface area contributed by atoms with E-state index in [0.717, 1.165) is 12.5 Å². The van der Waals surface area contributed by atoms with Crippen molar-refractivity contribution in [1.82, 2.24) is 0 Å². The number of hydrogen-bond acceptors (Lipinski definition) is 1. The molecule has 1 aromatic carbocycles. The summed E-state index contributed by atoms with van der Waals surface area (Å²) in [5.74, 6) is -0.436. The molecular weight excluding hydrogens is 220 g/mol. The SMILES string of the molecule is Cl.N[C@H](CC1CC1)c1cc(F)cc(F)c1. The average Bonchev–Trinajstić information content (AvgIpc) is 2.86. The lowest BCUT2D eigenvalue weighted by Gasteiger charge is -2.11. The van der Waals surface area contributed by atoms with Crippen LogP contribution in [0.4, 0.5) is 8.78 Å². The number of halogens is 3. The number of nitrogens with two attached hydrogens (primary N) is 1. The molecule has 0 amide bonds. The van der Waals surface area contributed by atoms with Crippen LogP contribution in [-0.4, -0.2) is 0 Å². The van der Waals surface area contributed by atoms with E-state index < -0.39 is 11.6 Å². The van der Waals surface area contributed by atoms with Gasteiger partial charge in [-0.2, -0.15) is 0 Å². The van der Waals surface area contributed by atoms with Crippen LogP contribution in [0.25, 0.3) is 0 Å². The molecule has 0 saturated heterocycles. The molecule has 0 spiro atoms. The van der Waals surface area contributed by atoms with Crippen molar-refractivity contribution in [2.24, 2.45) is 11.7 Å². The van der Waals surface area contributed by atoms with Crippen LogP contribution in [0.15, 0.2) is 18.2 Å². The highest BCUT2D eigenvalue weighted by Crippen LogP contribution is 2.36. The molecule has 84 valence electrons. The molecule has 1 aliphatic rings. The molecule has 1 atom stereocenters. The Morgan fingerprint density at radius 2 is 1.73 bits per heavy atom. The van der Waals surface area contributed by atoms with Gasteiger partial charge in [0.25, 0.3) is 0 Å². The molecule has 2 rings (SSSR count). The molecule has 1 aromatic rings. The van der Waals surface area contributed by atoms with Crippen LogP contribution in [0, 0.1) is 17.6 Å². The Morgan fingerprint density at radius 1 is 1.20 bits per heavy atom. The smallest absolute Gasteiger partial charge is 0.126 e. The van der Waals surface area contributed by atoms with E-state index in [4.69, 9.17) is 5.73 Å². The van der Waals surface area contributed by atoms with Gasteiger partial charge in [0, 0.05) is 12.1 Å². The fraction of sp³-hybridized carbons (Fsp3) is 0.455. The average molecular weight is 234 g/mol. The first-order valence-electron chi connectivity index (χ1n) is 4.87. The third kappa shape index (κ3) is 3.43. The van der Waals surface area contributed by atoms with E-state index in [1.165, 1.54) is 25.0 Å². The van der Waals surface area contributed by atoms with Gasteiger partial charge in [0.1, 0.15) is 11.6 Å². The maximum absolute atomic E-state index is 12.8. The van der Waals surface area contributed by atoms with Gasteiger partial charge in [-0.15, -0.1) is 12.4 Å². The summed E-state index contributed by atoms with van der Waals surface area (Å²) in [5, 5.41) is 0. The standard InChI is InChI=1S/C11H13F2N.ClH/c12-9-4-8(5-10(13)6-9)11(14)3-7-1-2-7;/h4-7,11H,1-3,14H2;1H/t11-;/m1./s1. The van der Waals surface area contributed by atoms with E-state index in [-0.39, 0.29) is 18.4 Å². The zero-order valence-corrected chi connectivity index (χ0v) is 9.07. The zero-order valence-electron chi connectivity index (χ0n) is 8.25. The normalized spacial score (nSPS) is 17.0. The van der Waals surface area contributed by atoms with Gasteiger partial charge in [-0.1, -0.05) is 12.8 Å². The number of hydrogen-bond donors (Lipinski definition) is 1. The minimum atomic E-state index is -0.550. The van der Waals surface area contributed by atoms with Gasteiger partial charge >= 0.3 is 0 Å². The van der Waals surface area contributed by atoms with E-state index in [1.807, 2.05) is 0 Å². The first-order valence-corrected chi connectivity index (χ1v) is 4.87. The molecule has 1 nitrogen and oxygen atoms in total. The van der Waals surface area contributed by atoms with Crippen molar-refractivity contribution in [3.63, 3.8) is 0 Å². The zero-order chi connectivity index (χ0) is 10.1. The summed E-state index contributed by atoms with van der Waals surface area (Å²) in [5.41, 5.74) is 6.40. The minimum Gasteiger partial charge on any atom is -0.324 e. The first-order chi connectivity index (χ1) is 6.65. The molecule has 0 radical (unpaired) electrons. The predicted molar refractivity (Wildman–Crippen MR) is 57.9 cm³/mol. The van der Waals surface area contributed by atoms with Crippen molar-refractivity contribution >= 4 is 12.4 Å². The molecule has 15 heavy (non-hydrogen) atoms. The lowest BCUT2D eigenvalue weighted by Crippen LogP contribution is -2.11. The van der Waals surface area contributed by atoms with E-state index >= 15 is 0 Å². The summed E-state index contributed by atoms with van der Waals surface area (Å²) < 4.78 is 25.7. The van der Waals surface area contributed by atoms with Crippen molar-refractivity contribution < 1.29 is 8.78 Å². The topological polar surface area (TPSA) is 26.0 Å². The van der Waals surface area contributed by atoms with E-state index in [2.05, 4.69) is 0 Å². The molecule has 1 fully saturated rings. The van der Waals surface area contributed by atoms with Crippen LogP contribution < -0.4 is 5.73 Å². The Morgan fingerprint density at radius 3 is 2.20 bits per heavy atom. The molecular formula is C11H14ClF2N. The van der Waals surface area contributed by atoms with Crippen LogP contribution in [0.2, 0.25) is 0 Å². The largest absolute Gasteiger partial charge is 0.324 e. The van der Waals surface area contributed by atoms with Crippen molar-refractivity contribution in [3.8, 4) is 0 Å². The Balaban J connectivity index is 0.00000112. The molecule has 2 N–H and O–H groups in total. The molecule has 0 bridgehead atoms. The molecule has 1 aliphatic carbocycles. The van der Waals surface area contributed by atoms with Gasteiger partial charge in [0.15, 0.2) is 0 Å². The third-order valence-electron chi connectivity index (χ3n) is 2.60. The van der Waals surface area contributed by atoms with Crippen LogP contribution >= 0.6 is 12.4 Å². The van der Waals surface area contributed by atoms with Crippen LogP contribution in [0.5, 0.6) is 0 Å². The Bertz CT molecular complexity index is 319. The first kappa shape index (κ1) is 12.4. The molecule has 1 saturated carbocycles. The Labute approximate surface area is 94.1 Å². The summed E-state index contributed by atoms with van der Waals surface area (Å²) in [4.78, 5) is 0. The quantitative estimate of drug-likeness (QED) is 0.853. The lowest BCUT2D eigenvalue weighted by molar-refractivity contribution is 0.556. The van der Waals surface area contributed by atoms with Gasteiger partial charge in [-0.3, -0.25) is 0 Å². The van der Waals surface area contributed by atoms with Gasteiger partial charge in [-0.25, -0.2) is 8.78 Å². The molecule has 0 aliphatic heterocycles. The van der Waals surface area contributed by atoms with Gasteiger partial charge in [0.2, 0.25) is 0 Å². The Hall–Kier alpha value is -0.670. The second-order valence-electron chi connectivity index (χ2n) is 3.99. The molecule has 4 heteroatoms. The third-order valence-corrected chi connectivity index (χ3v) is 2.60. The van der Waals surface area contributed by atoms with Crippen molar-refractivity contribution in [1.29, 1.82) is 0 Å². The highest BCUT2D eigenvalue weighted by Gasteiger charge is 2.24. The summed E-state index contributed by atoms with van der Waals surface area (Å²) in [6.45, 7) is 0. The van der Waals surface area contributed by atoms with Crippen molar-refractivity contribution in [3.05, 3.63) is 35.4 Å². The highest BCUT2D eigenvalue weighted by atomic mass is 35.5. The predicted octanol–water partition coefficient (Wildman–Crippen LogP) is 3.19. The lowest BCUT2D eigenvalue weighted by atomic mass is 10.0. The minimum absolute atomic E-state index is 0. The van der Waals surface area contributed by atoms with E-state index in [9.17, 15) is 8.78 Å². The van der Waals surface area contributed by atoms with Crippen LogP contribution in [-0.2, 0) is 0 Å². The number of benzene rings is 1. The fourth-order valence-electron chi connectivity index (χ4n) is 1.64. The van der Waals surface area contributed by atoms with Crippen LogP contribution in [0.3, 0.4) is 0 Å². The van der Waals surface area contributed by atoms with Gasteiger partial charge in [0.05, 0.1) is 0 Å². The van der Waals surface area contributed by atoms with Crippen LogP contribution in [0.1, 0.15) is 30.9 Å². The molecule has 0 heterocycles. The maximum Gasteiger partial charge on any atom is 0.126 e. The fourth-order valence-corrected chi connectivity index (χ4v) is 1.64. The number of rotatable bonds is 3. The van der Waals surface area contributed by atoms with Crippen molar-refractivity contribution in [2.75, 3.05) is 0 Å². The summed E-state index contributed by atoms with van der Waals surface area (Å²) >= 11 is 0. The van der Waals surface area contributed by atoms with Gasteiger partial charge in [-0.05, 0) is 30.0 Å². The highest BCUT2D eigenvalue weighted by molar-refractivity contribution is 5.85. The molecule has 0 aromatic heterocycles. The Kier molecular flexibility index (Phi) is 4.05. The summed E-state index contributed by atoms with van der Waals surface area (Å²) in [6, 6.07) is 3.27. The summed E-state index contributed by atoms with van der Waals surface area (Å²) in [6.07, 6.45) is 3.24.